The average molecular weight is 399 g/mol. The number of rotatable bonds is 7. The molecule has 1 heterocycles. The molecule has 0 aromatic heterocycles. The molecule has 1 aliphatic rings. The van der Waals surface area contributed by atoms with E-state index in [2.05, 4.69) is 10.6 Å². The first-order valence-corrected chi connectivity index (χ1v) is 8.76. The van der Waals surface area contributed by atoms with Gasteiger partial charge in [-0.3, -0.25) is 14.5 Å². The van der Waals surface area contributed by atoms with Crippen LogP contribution in [0.4, 0.5) is 10.5 Å². The zero-order chi connectivity index (χ0) is 21.0. The molecule has 9 heteroatoms. The first-order valence-electron chi connectivity index (χ1n) is 8.76. The van der Waals surface area contributed by atoms with Crippen LogP contribution in [-0.4, -0.2) is 50.6 Å². The van der Waals surface area contributed by atoms with Crippen molar-refractivity contribution in [1.29, 1.82) is 0 Å². The summed E-state index contributed by atoms with van der Waals surface area (Å²) in [4.78, 5) is 37.4. The number of hydrogen-bond donors (Lipinski definition) is 2. The topological polar surface area (TPSA) is 106 Å². The molecule has 0 saturated carbocycles. The van der Waals surface area contributed by atoms with Crippen molar-refractivity contribution in [1.82, 2.24) is 10.2 Å². The molecule has 1 aliphatic heterocycles. The van der Waals surface area contributed by atoms with Gasteiger partial charge >= 0.3 is 6.03 Å². The van der Waals surface area contributed by atoms with Crippen LogP contribution >= 0.6 is 0 Å². The summed E-state index contributed by atoms with van der Waals surface area (Å²) in [5, 5.41) is 5.26. The molecule has 0 spiro atoms. The fraction of sp³-hybridized carbons (Fsp3) is 0.250. The average Bonchev–Trinajstić information content (AvgIpc) is 3.04. The zero-order valence-electron chi connectivity index (χ0n) is 16.3. The van der Waals surface area contributed by atoms with E-state index in [0.29, 0.717) is 22.7 Å². The highest BCUT2D eigenvalue weighted by Gasteiger charge is 2.28. The summed E-state index contributed by atoms with van der Waals surface area (Å²) >= 11 is 0. The number of carbonyl (C=O) groups excluding carboxylic acids is 3. The number of benzene rings is 2. The van der Waals surface area contributed by atoms with Gasteiger partial charge in [0.2, 0.25) is 11.7 Å². The van der Waals surface area contributed by atoms with Crippen molar-refractivity contribution in [2.75, 3.05) is 33.2 Å². The van der Waals surface area contributed by atoms with Gasteiger partial charge < -0.3 is 24.8 Å². The molecule has 0 aliphatic carbocycles. The molecule has 9 nitrogen and oxygen atoms in total. The number of amides is 4. The van der Waals surface area contributed by atoms with Crippen molar-refractivity contribution in [3.8, 4) is 17.2 Å². The molecule has 0 bridgehead atoms. The van der Waals surface area contributed by atoms with Crippen LogP contribution in [0, 0.1) is 0 Å². The number of urea groups is 1. The standard InChI is InChI=1S/C20H21N3O6/c1-27-15-8-7-14(17(28-2)18(15)29-3)19(25)22-13-6-4-5-12(9-13)11-23-16(24)10-21-20(23)26/h4-9H,10-11H2,1-3H3,(H,21,26)(H,22,25). The van der Waals surface area contributed by atoms with Gasteiger partial charge in [-0.05, 0) is 29.8 Å². The molecule has 1 fully saturated rings. The molecule has 2 N–H and O–H groups in total. The second kappa shape index (κ2) is 8.51. The SMILES string of the molecule is COc1ccc(C(=O)Nc2cccc(CN3C(=O)CNC3=O)c2)c(OC)c1OC. The highest BCUT2D eigenvalue weighted by molar-refractivity contribution is 6.07. The molecule has 0 radical (unpaired) electrons. The Labute approximate surface area is 167 Å². The van der Waals surface area contributed by atoms with Crippen molar-refractivity contribution >= 4 is 23.5 Å². The van der Waals surface area contributed by atoms with Crippen molar-refractivity contribution < 1.29 is 28.6 Å². The first kappa shape index (κ1) is 20.0. The molecule has 1 saturated heterocycles. The van der Waals surface area contributed by atoms with Crippen LogP contribution in [0.1, 0.15) is 15.9 Å². The smallest absolute Gasteiger partial charge is 0.324 e. The molecule has 29 heavy (non-hydrogen) atoms. The summed E-state index contributed by atoms with van der Waals surface area (Å²) in [5.74, 6) is 0.306. The van der Waals surface area contributed by atoms with E-state index in [4.69, 9.17) is 14.2 Å². The van der Waals surface area contributed by atoms with Crippen LogP contribution in [0.2, 0.25) is 0 Å². The lowest BCUT2D eigenvalue weighted by Crippen LogP contribution is -2.30. The number of methoxy groups -OCH3 is 3. The van der Waals surface area contributed by atoms with Crippen LogP contribution in [0.25, 0.3) is 0 Å². The Morgan fingerprint density at radius 2 is 1.83 bits per heavy atom. The van der Waals surface area contributed by atoms with E-state index < -0.39 is 11.9 Å². The molecule has 2 aromatic carbocycles. The van der Waals surface area contributed by atoms with Crippen LogP contribution < -0.4 is 24.8 Å². The summed E-state index contributed by atoms with van der Waals surface area (Å²) in [7, 11) is 4.39. The van der Waals surface area contributed by atoms with Crippen LogP contribution in [-0.2, 0) is 11.3 Å². The Hall–Kier alpha value is -3.75. The van der Waals surface area contributed by atoms with Crippen molar-refractivity contribution in [2.24, 2.45) is 0 Å². The van der Waals surface area contributed by atoms with E-state index in [0.717, 1.165) is 4.90 Å². The second-order valence-electron chi connectivity index (χ2n) is 6.17. The largest absolute Gasteiger partial charge is 0.493 e. The number of nitrogens with one attached hydrogen (secondary N) is 2. The third kappa shape index (κ3) is 4.08. The summed E-state index contributed by atoms with van der Waals surface area (Å²) in [5.41, 5.74) is 1.48. The Bertz CT molecular complexity index is 943. The van der Waals surface area contributed by atoms with E-state index in [-0.39, 0.29) is 30.3 Å². The monoisotopic (exact) mass is 399 g/mol. The van der Waals surface area contributed by atoms with E-state index in [1.807, 2.05) is 0 Å². The van der Waals surface area contributed by atoms with Gasteiger partial charge in [-0.1, -0.05) is 12.1 Å². The maximum absolute atomic E-state index is 12.8. The lowest BCUT2D eigenvalue weighted by molar-refractivity contribution is -0.125. The van der Waals surface area contributed by atoms with Gasteiger partial charge in [0.15, 0.2) is 11.5 Å². The Kier molecular flexibility index (Phi) is 5.87. The minimum atomic E-state index is -0.431. The maximum atomic E-state index is 12.8. The fourth-order valence-corrected chi connectivity index (χ4v) is 3.02. The summed E-state index contributed by atoms with van der Waals surface area (Å²) in [6.45, 7) is 0.114. The molecule has 0 unspecified atom stereocenters. The Morgan fingerprint density at radius 1 is 1.07 bits per heavy atom. The van der Waals surface area contributed by atoms with Gasteiger partial charge in [-0.2, -0.15) is 0 Å². The molecule has 0 atom stereocenters. The maximum Gasteiger partial charge on any atom is 0.324 e. The summed E-state index contributed by atoms with van der Waals surface area (Å²) in [6, 6.07) is 9.67. The molecule has 3 rings (SSSR count). The number of ether oxygens (including phenoxy) is 3. The summed E-state index contributed by atoms with van der Waals surface area (Å²) < 4.78 is 15.9. The van der Waals surface area contributed by atoms with E-state index in [9.17, 15) is 14.4 Å². The molecule has 2 aromatic rings. The predicted octanol–water partition coefficient (Wildman–Crippen LogP) is 2.02. The van der Waals surface area contributed by atoms with Crippen molar-refractivity contribution in [3.05, 3.63) is 47.5 Å². The Morgan fingerprint density at radius 3 is 2.45 bits per heavy atom. The molecular weight excluding hydrogens is 378 g/mol. The van der Waals surface area contributed by atoms with Crippen LogP contribution in [0.3, 0.4) is 0 Å². The zero-order valence-corrected chi connectivity index (χ0v) is 16.3. The molecular formula is C20H21N3O6. The quantitative estimate of drug-likeness (QED) is 0.690. The van der Waals surface area contributed by atoms with E-state index >= 15 is 0 Å². The van der Waals surface area contributed by atoms with Gasteiger partial charge in [0, 0.05) is 5.69 Å². The van der Waals surface area contributed by atoms with Gasteiger partial charge in [0.05, 0.1) is 40.0 Å². The summed E-state index contributed by atoms with van der Waals surface area (Å²) in [6.07, 6.45) is 0. The van der Waals surface area contributed by atoms with Crippen LogP contribution in [0.15, 0.2) is 36.4 Å². The lowest BCUT2D eigenvalue weighted by Gasteiger charge is -2.16. The number of imide groups is 1. The predicted molar refractivity (Wildman–Crippen MR) is 104 cm³/mol. The molecule has 4 amide bonds. The normalized spacial score (nSPS) is 13.1. The van der Waals surface area contributed by atoms with E-state index in [1.54, 1.807) is 36.4 Å². The number of hydrogen-bond acceptors (Lipinski definition) is 6. The highest BCUT2D eigenvalue weighted by Crippen LogP contribution is 2.39. The minimum Gasteiger partial charge on any atom is -0.493 e. The number of anilines is 1. The van der Waals surface area contributed by atoms with Crippen molar-refractivity contribution in [2.45, 2.75) is 6.54 Å². The Balaban J connectivity index is 1.81. The lowest BCUT2D eigenvalue weighted by atomic mass is 10.1. The highest BCUT2D eigenvalue weighted by atomic mass is 16.5. The second-order valence-corrected chi connectivity index (χ2v) is 6.17. The first-order chi connectivity index (χ1) is 14.0. The third-order valence-corrected chi connectivity index (χ3v) is 4.41. The number of carbonyl (C=O) groups is 3. The van der Waals surface area contributed by atoms with Gasteiger partial charge in [0.25, 0.3) is 5.91 Å². The fourth-order valence-electron chi connectivity index (χ4n) is 3.02. The van der Waals surface area contributed by atoms with Crippen molar-refractivity contribution in [3.63, 3.8) is 0 Å². The number of nitrogens with zero attached hydrogens (tertiary/aromatic N) is 1. The van der Waals surface area contributed by atoms with Gasteiger partial charge in [-0.15, -0.1) is 0 Å². The van der Waals surface area contributed by atoms with Gasteiger partial charge in [-0.25, -0.2) is 4.79 Å². The van der Waals surface area contributed by atoms with Crippen LogP contribution in [0.5, 0.6) is 17.2 Å². The minimum absolute atomic E-state index is 0.00560. The third-order valence-electron chi connectivity index (χ3n) is 4.41. The van der Waals surface area contributed by atoms with Gasteiger partial charge in [0.1, 0.15) is 0 Å². The molecule has 152 valence electrons. The van der Waals surface area contributed by atoms with E-state index in [1.165, 1.54) is 21.3 Å².